The van der Waals surface area contributed by atoms with E-state index in [1.807, 2.05) is 25.1 Å². The quantitative estimate of drug-likeness (QED) is 0.282. The zero-order valence-corrected chi connectivity index (χ0v) is 17.5. The molecule has 1 aliphatic carbocycles. The molecule has 1 atom stereocenters. The second-order valence-electron chi connectivity index (χ2n) is 6.44. The van der Waals surface area contributed by atoms with Crippen LogP contribution in [0.2, 0.25) is 0 Å². The van der Waals surface area contributed by atoms with Crippen LogP contribution in [0.5, 0.6) is 0 Å². The number of thiophene rings is 1. The van der Waals surface area contributed by atoms with E-state index in [9.17, 15) is 10.2 Å². The molecule has 138 valence electrons. The summed E-state index contributed by atoms with van der Waals surface area (Å²) in [5.74, 6) is 0.692. The maximum Gasteiger partial charge on any atom is 0.191 e. The van der Waals surface area contributed by atoms with Gasteiger partial charge in [-0.2, -0.15) is 0 Å². The second kappa shape index (κ2) is 9.16. The molecule has 2 aromatic rings. The van der Waals surface area contributed by atoms with Crippen molar-refractivity contribution in [3.63, 3.8) is 0 Å². The predicted octanol–water partition coefficient (Wildman–Crippen LogP) is 2.88. The number of guanidine groups is 1. The monoisotopic (exact) mass is 475 g/mol. The van der Waals surface area contributed by atoms with Crippen LogP contribution in [-0.2, 0) is 0 Å². The van der Waals surface area contributed by atoms with Gasteiger partial charge in [-0.05, 0) is 37.3 Å². The van der Waals surface area contributed by atoms with Crippen molar-refractivity contribution in [3.05, 3.63) is 35.2 Å². The summed E-state index contributed by atoms with van der Waals surface area (Å²) in [6.45, 7) is 4.00. The first-order valence-corrected chi connectivity index (χ1v) is 9.27. The molecule has 0 saturated heterocycles. The largest absolute Gasteiger partial charge is 0.396 e. The third kappa shape index (κ3) is 5.29. The first kappa shape index (κ1) is 20.4. The van der Waals surface area contributed by atoms with Crippen molar-refractivity contribution >= 4 is 51.4 Å². The number of hydrogen-bond donors (Lipinski definition) is 4. The van der Waals surface area contributed by atoms with Crippen molar-refractivity contribution in [2.75, 3.05) is 26.2 Å². The minimum atomic E-state index is -0.570. The molecule has 25 heavy (non-hydrogen) atoms. The van der Waals surface area contributed by atoms with Crippen molar-refractivity contribution in [2.45, 2.75) is 25.9 Å². The highest BCUT2D eigenvalue weighted by molar-refractivity contribution is 14.0. The molecule has 4 N–H and O–H groups in total. The zero-order chi connectivity index (χ0) is 17.0. The third-order valence-electron chi connectivity index (χ3n) is 4.45. The molecule has 5 nitrogen and oxygen atoms in total. The molecule has 1 saturated carbocycles. The molecular weight excluding hydrogens is 449 g/mol. The lowest BCUT2D eigenvalue weighted by atomic mass is 10.1. The summed E-state index contributed by atoms with van der Waals surface area (Å²) < 4.78 is 1.19. The van der Waals surface area contributed by atoms with E-state index in [-0.39, 0.29) is 36.0 Å². The number of aliphatic hydroxyl groups is 2. The van der Waals surface area contributed by atoms with Gasteiger partial charge in [0.1, 0.15) is 6.10 Å². The molecule has 0 spiro atoms. The van der Waals surface area contributed by atoms with Gasteiger partial charge in [-0.15, -0.1) is 35.3 Å². The van der Waals surface area contributed by atoms with Crippen molar-refractivity contribution < 1.29 is 10.2 Å². The van der Waals surface area contributed by atoms with E-state index in [2.05, 4.69) is 27.8 Å². The maximum absolute atomic E-state index is 10.5. The molecule has 1 aromatic heterocycles. The van der Waals surface area contributed by atoms with Crippen LogP contribution in [0.3, 0.4) is 0 Å². The normalized spacial score (nSPS) is 17.0. The van der Waals surface area contributed by atoms with Crippen LogP contribution in [0.4, 0.5) is 0 Å². The van der Waals surface area contributed by atoms with Gasteiger partial charge in [-0.25, -0.2) is 0 Å². The van der Waals surface area contributed by atoms with E-state index in [1.165, 1.54) is 4.70 Å². The van der Waals surface area contributed by atoms with Crippen molar-refractivity contribution in [3.8, 4) is 0 Å². The average Bonchev–Trinajstić information content (AvgIpc) is 3.26. The van der Waals surface area contributed by atoms with Crippen molar-refractivity contribution in [2.24, 2.45) is 10.4 Å². The molecular formula is C18H26IN3O2S. The van der Waals surface area contributed by atoms with Gasteiger partial charge in [0.2, 0.25) is 0 Å². The molecule has 1 aliphatic rings. The van der Waals surface area contributed by atoms with Gasteiger partial charge in [0.05, 0.1) is 13.2 Å². The fourth-order valence-corrected chi connectivity index (χ4v) is 3.64. The van der Waals surface area contributed by atoms with Crippen LogP contribution in [0.15, 0.2) is 35.3 Å². The van der Waals surface area contributed by atoms with E-state index in [0.29, 0.717) is 19.0 Å². The topological polar surface area (TPSA) is 76.9 Å². The number of aliphatic imine (C=N–C) groups is 1. The van der Waals surface area contributed by atoms with Gasteiger partial charge in [0.25, 0.3) is 0 Å². The van der Waals surface area contributed by atoms with Crippen LogP contribution in [0, 0.1) is 5.41 Å². The number of nitrogens with zero attached hydrogens (tertiary/aromatic N) is 1. The highest BCUT2D eigenvalue weighted by atomic mass is 127. The molecule has 0 radical (unpaired) electrons. The number of benzene rings is 1. The Labute approximate surface area is 169 Å². The van der Waals surface area contributed by atoms with Crippen molar-refractivity contribution in [1.82, 2.24) is 10.6 Å². The minimum Gasteiger partial charge on any atom is -0.396 e. The first-order valence-electron chi connectivity index (χ1n) is 8.45. The molecule has 3 rings (SSSR count). The van der Waals surface area contributed by atoms with Gasteiger partial charge in [-0.1, -0.05) is 18.2 Å². The van der Waals surface area contributed by atoms with Gasteiger partial charge < -0.3 is 20.8 Å². The van der Waals surface area contributed by atoms with E-state index in [4.69, 9.17) is 0 Å². The van der Waals surface area contributed by atoms with Crippen LogP contribution in [0.1, 0.15) is 30.7 Å². The third-order valence-corrected chi connectivity index (χ3v) is 5.66. The molecule has 1 heterocycles. The second-order valence-corrected chi connectivity index (χ2v) is 7.55. The Hall–Kier alpha value is -0.900. The van der Waals surface area contributed by atoms with E-state index in [0.717, 1.165) is 29.6 Å². The standard InChI is InChI=1S/C18H25N3O2S.HI/c1-2-19-17(21-11-18(12-22)7-8-18)20-10-14(23)16-9-13-5-3-4-6-15(13)24-16;/h3-6,9,14,22-23H,2,7-8,10-12H2,1H3,(H2,19,20,21);1H. The minimum absolute atomic E-state index is 0. The lowest BCUT2D eigenvalue weighted by molar-refractivity contribution is 0.184. The van der Waals surface area contributed by atoms with Crippen LogP contribution in [-0.4, -0.2) is 42.4 Å². The SMILES string of the molecule is CCNC(=NCC1(CO)CC1)NCC(O)c1cc2ccccc2s1.I. The summed E-state index contributed by atoms with van der Waals surface area (Å²) in [6, 6.07) is 10.2. The molecule has 7 heteroatoms. The van der Waals surface area contributed by atoms with Gasteiger partial charge in [-0.3, -0.25) is 4.99 Å². The van der Waals surface area contributed by atoms with Crippen LogP contribution < -0.4 is 10.6 Å². The number of hydrogen-bond acceptors (Lipinski definition) is 4. The van der Waals surface area contributed by atoms with Gasteiger partial charge in [0, 0.05) is 28.1 Å². The number of fused-ring (bicyclic) bond motifs is 1. The fourth-order valence-electron chi connectivity index (χ4n) is 2.59. The molecule has 1 unspecified atom stereocenters. The highest BCUT2D eigenvalue weighted by Crippen LogP contribution is 2.45. The Morgan fingerprint density at radius 2 is 2.08 bits per heavy atom. The van der Waals surface area contributed by atoms with Crippen LogP contribution in [0.25, 0.3) is 10.1 Å². The van der Waals surface area contributed by atoms with Gasteiger partial charge in [0.15, 0.2) is 5.96 Å². The van der Waals surface area contributed by atoms with Crippen molar-refractivity contribution in [1.29, 1.82) is 0 Å². The summed E-state index contributed by atoms with van der Waals surface area (Å²) in [4.78, 5) is 5.51. The molecule has 1 aromatic carbocycles. The van der Waals surface area contributed by atoms with Crippen LogP contribution >= 0.6 is 35.3 Å². The Morgan fingerprint density at radius 3 is 2.72 bits per heavy atom. The maximum atomic E-state index is 10.5. The molecule has 0 bridgehead atoms. The summed E-state index contributed by atoms with van der Waals surface area (Å²) in [6.07, 6.45) is 1.51. The lowest BCUT2D eigenvalue weighted by Crippen LogP contribution is -2.39. The summed E-state index contributed by atoms with van der Waals surface area (Å²) >= 11 is 1.62. The number of aliphatic hydroxyl groups excluding tert-OH is 2. The summed E-state index contributed by atoms with van der Waals surface area (Å²) in [7, 11) is 0. The predicted molar refractivity (Wildman–Crippen MR) is 115 cm³/mol. The summed E-state index contributed by atoms with van der Waals surface area (Å²) in [5.41, 5.74) is -0.00750. The number of rotatable bonds is 7. The Morgan fingerprint density at radius 1 is 1.32 bits per heavy atom. The number of nitrogens with one attached hydrogen (secondary N) is 2. The Bertz CT molecular complexity index is 682. The average molecular weight is 475 g/mol. The Balaban J connectivity index is 0.00000225. The molecule has 1 fully saturated rings. The number of halogens is 1. The van der Waals surface area contributed by atoms with E-state index >= 15 is 0 Å². The molecule has 0 aliphatic heterocycles. The lowest BCUT2D eigenvalue weighted by Gasteiger charge is -2.15. The highest BCUT2D eigenvalue weighted by Gasteiger charge is 2.41. The Kier molecular flexibility index (Phi) is 7.48. The fraction of sp³-hybridized carbons (Fsp3) is 0.500. The zero-order valence-electron chi connectivity index (χ0n) is 14.4. The first-order chi connectivity index (χ1) is 11.7. The van der Waals surface area contributed by atoms with Gasteiger partial charge >= 0.3 is 0 Å². The molecule has 0 amide bonds. The van der Waals surface area contributed by atoms with E-state index in [1.54, 1.807) is 11.3 Å². The van der Waals surface area contributed by atoms with E-state index < -0.39 is 6.10 Å². The smallest absolute Gasteiger partial charge is 0.191 e. The summed E-state index contributed by atoms with van der Waals surface area (Å²) in [5, 5.41) is 27.4.